The van der Waals surface area contributed by atoms with Crippen LogP contribution in [0.4, 0.5) is 4.79 Å². The second-order valence-electron chi connectivity index (χ2n) is 6.93. The zero-order valence-corrected chi connectivity index (χ0v) is 14.2. The molecule has 21 heavy (non-hydrogen) atoms. The Kier molecular flexibility index (Phi) is 4.48. The average Bonchev–Trinajstić information content (AvgIpc) is 2.21. The molecule has 1 amide bonds. The summed E-state index contributed by atoms with van der Waals surface area (Å²) in [5.41, 5.74) is -0.954. The van der Waals surface area contributed by atoms with E-state index in [2.05, 4.69) is 0 Å². The Labute approximate surface area is 130 Å². The summed E-state index contributed by atoms with van der Waals surface area (Å²) in [5.74, 6) is -0.0476. The molecule has 0 bridgehead atoms. The minimum atomic E-state index is -3.50. The van der Waals surface area contributed by atoms with Crippen LogP contribution in [-0.2, 0) is 18.5 Å². The fraction of sp³-hybridized carbons (Fsp3) is 0.923. The summed E-state index contributed by atoms with van der Waals surface area (Å²) < 4.78 is 33.4. The van der Waals surface area contributed by atoms with E-state index in [4.69, 9.17) is 20.2 Å². The molecule has 0 radical (unpaired) electrons. The van der Waals surface area contributed by atoms with Crippen LogP contribution < -0.4 is 0 Å². The lowest BCUT2D eigenvalue weighted by Gasteiger charge is -2.52. The Hall–Kier alpha value is -0.530. The van der Waals surface area contributed by atoms with E-state index in [1.807, 2.05) is 20.8 Å². The fourth-order valence-electron chi connectivity index (χ4n) is 2.88. The first kappa shape index (κ1) is 16.8. The van der Waals surface area contributed by atoms with Crippen molar-refractivity contribution < 1.29 is 22.7 Å². The molecule has 1 atom stereocenters. The summed E-state index contributed by atoms with van der Waals surface area (Å²) in [4.78, 5) is 13.5. The van der Waals surface area contributed by atoms with E-state index in [0.717, 1.165) is 0 Å². The quantitative estimate of drug-likeness (QED) is 0.719. The normalized spacial score (nSPS) is 25.5. The van der Waals surface area contributed by atoms with Crippen molar-refractivity contribution in [2.75, 3.05) is 25.4 Å². The number of carbonyl (C=O) groups excluding carboxylic acids is 1. The van der Waals surface area contributed by atoms with Crippen LogP contribution in [0.15, 0.2) is 0 Å². The lowest BCUT2D eigenvalue weighted by molar-refractivity contribution is -0.170. The van der Waals surface area contributed by atoms with Crippen LogP contribution in [0, 0.1) is 5.92 Å². The summed E-state index contributed by atoms with van der Waals surface area (Å²) in [6.07, 6.45) is 0.932. The second-order valence-corrected chi connectivity index (χ2v) is 9.75. The van der Waals surface area contributed by atoms with Gasteiger partial charge in [-0.2, -0.15) is 0 Å². The van der Waals surface area contributed by atoms with Gasteiger partial charge in [0.2, 0.25) is 9.05 Å². The largest absolute Gasteiger partial charge is 0.444 e. The highest BCUT2D eigenvalue weighted by Crippen LogP contribution is 2.38. The molecule has 0 aromatic heterocycles. The van der Waals surface area contributed by atoms with Gasteiger partial charge in [0.25, 0.3) is 0 Å². The van der Waals surface area contributed by atoms with Crippen molar-refractivity contribution in [1.82, 2.24) is 4.90 Å². The minimum absolute atomic E-state index is 0.0120. The topological polar surface area (TPSA) is 72.9 Å². The van der Waals surface area contributed by atoms with E-state index < -0.39 is 20.3 Å². The SMILES string of the molecule is CC(C)(C)OC(=O)N1CC2(CC(CS(=O)(=O)Cl)CCO2)C1. The van der Waals surface area contributed by atoms with E-state index in [1.54, 1.807) is 4.90 Å². The zero-order chi connectivity index (χ0) is 15.9. The number of nitrogens with zero attached hydrogens (tertiary/aromatic N) is 1. The molecule has 1 spiro atoms. The third kappa shape index (κ3) is 4.72. The molecular weight excluding hydrogens is 318 g/mol. The van der Waals surface area contributed by atoms with Gasteiger partial charge in [-0.05, 0) is 39.5 Å². The molecule has 122 valence electrons. The molecule has 0 aliphatic carbocycles. The summed E-state index contributed by atoms with van der Waals surface area (Å²) in [6, 6.07) is 0. The maximum Gasteiger partial charge on any atom is 0.410 e. The maximum atomic E-state index is 11.9. The Morgan fingerprint density at radius 1 is 1.43 bits per heavy atom. The lowest BCUT2D eigenvalue weighted by atomic mass is 9.81. The maximum absolute atomic E-state index is 11.9. The monoisotopic (exact) mass is 339 g/mol. The first-order chi connectivity index (χ1) is 9.48. The van der Waals surface area contributed by atoms with Gasteiger partial charge in [-0.15, -0.1) is 0 Å². The molecule has 2 heterocycles. The molecule has 1 unspecified atom stereocenters. The van der Waals surface area contributed by atoms with Crippen LogP contribution in [0.2, 0.25) is 0 Å². The smallest absolute Gasteiger partial charge is 0.410 e. The number of halogens is 1. The van der Waals surface area contributed by atoms with Crippen molar-refractivity contribution in [2.45, 2.75) is 44.8 Å². The average molecular weight is 340 g/mol. The number of hydrogen-bond acceptors (Lipinski definition) is 5. The molecule has 6 nitrogen and oxygen atoms in total. The van der Waals surface area contributed by atoms with Gasteiger partial charge >= 0.3 is 6.09 Å². The van der Waals surface area contributed by atoms with Gasteiger partial charge < -0.3 is 14.4 Å². The molecule has 2 aliphatic rings. The van der Waals surface area contributed by atoms with Crippen molar-refractivity contribution in [2.24, 2.45) is 5.92 Å². The van der Waals surface area contributed by atoms with Gasteiger partial charge in [0.05, 0.1) is 18.8 Å². The number of amides is 1. The predicted molar refractivity (Wildman–Crippen MR) is 78.9 cm³/mol. The van der Waals surface area contributed by atoms with Crippen LogP contribution in [0.3, 0.4) is 0 Å². The summed E-state index contributed by atoms with van der Waals surface area (Å²) >= 11 is 0. The van der Waals surface area contributed by atoms with Gasteiger partial charge in [0.15, 0.2) is 0 Å². The molecule has 2 fully saturated rings. The van der Waals surface area contributed by atoms with Crippen molar-refractivity contribution in [1.29, 1.82) is 0 Å². The standard InChI is InChI=1S/C13H22ClNO5S/c1-12(2,3)20-11(16)15-8-13(9-15)6-10(4-5-19-13)7-21(14,17)18/h10H,4-9H2,1-3H3. The summed E-state index contributed by atoms with van der Waals surface area (Å²) in [7, 11) is 1.82. The molecule has 0 N–H and O–H groups in total. The first-order valence-corrected chi connectivity index (χ1v) is 9.50. The van der Waals surface area contributed by atoms with Gasteiger partial charge in [0, 0.05) is 17.3 Å². The van der Waals surface area contributed by atoms with Crippen LogP contribution in [-0.4, -0.2) is 56.1 Å². The zero-order valence-electron chi connectivity index (χ0n) is 12.6. The van der Waals surface area contributed by atoms with Crippen LogP contribution >= 0.6 is 10.7 Å². The second kappa shape index (κ2) is 5.59. The van der Waals surface area contributed by atoms with Gasteiger partial charge in [-0.1, -0.05) is 0 Å². The third-order valence-electron chi connectivity index (χ3n) is 3.64. The van der Waals surface area contributed by atoms with E-state index in [1.165, 1.54) is 0 Å². The molecule has 0 aromatic rings. The number of rotatable bonds is 2. The fourth-order valence-corrected chi connectivity index (χ4v) is 4.26. The number of hydrogen-bond donors (Lipinski definition) is 0. The van der Waals surface area contributed by atoms with E-state index >= 15 is 0 Å². The molecule has 2 aliphatic heterocycles. The van der Waals surface area contributed by atoms with Crippen molar-refractivity contribution in [3.8, 4) is 0 Å². The Bertz CT molecular complexity index is 507. The molecule has 8 heteroatoms. The van der Waals surface area contributed by atoms with Crippen LogP contribution in [0.25, 0.3) is 0 Å². The Morgan fingerprint density at radius 2 is 2.05 bits per heavy atom. The van der Waals surface area contributed by atoms with Crippen molar-refractivity contribution >= 4 is 25.8 Å². The Balaban J connectivity index is 1.88. The predicted octanol–water partition coefficient (Wildman–Crippen LogP) is 1.97. The highest BCUT2D eigenvalue weighted by molar-refractivity contribution is 8.13. The van der Waals surface area contributed by atoms with E-state index in [0.29, 0.717) is 32.5 Å². The van der Waals surface area contributed by atoms with E-state index in [-0.39, 0.29) is 17.8 Å². The Morgan fingerprint density at radius 3 is 2.57 bits per heavy atom. The number of ether oxygens (including phenoxy) is 2. The minimum Gasteiger partial charge on any atom is -0.444 e. The van der Waals surface area contributed by atoms with Gasteiger partial charge in [-0.3, -0.25) is 0 Å². The molecule has 2 saturated heterocycles. The lowest BCUT2D eigenvalue weighted by Crippen LogP contribution is -2.67. The summed E-state index contributed by atoms with van der Waals surface area (Å²) in [5, 5.41) is 0. The first-order valence-electron chi connectivity index (χ1n) is 7.02. The highest BCUT2D eigenvalue weighted by Gasteiger charge is 2.50. The van der Waals surface area contributed by atoms with Crippen molar-refractivity contribution in [3.05, 3.63) is 0 Å². The molecule has 0 saturated carbocycles. The van der Waals surface area contributed by atoms with Crippen LogP contribution in [0.5, 0.6) is 0 Å². The molecule has 2 rings (SSSR count). The van der Waals surface area contributed by atoms with Crippen molar-refractivity contribution in [3.63, 3.8) is 0 Å². The highest BCUT2D eigenvalue weighted by atomic mass is 35.7. The summed E-state index contributed by atoms with van der Waals surface area (Å²) in [6.45, 7) is 6.84. The number of carbonyl (C=O) groups is 1. The third-order valence-corrected chi connectivity index (χ3v) is 4.89. The van der Waals surface area contributed by atoms with Crippen LogP contribution in [0.1, 0.15) is 33.6 Å². The van der Waals surface area contributed by atoms with Gasteiger partial charge in [-0.25, -0.2) is 13.2 Å². The molecular formula is C13H22ClNO5S. The van der Waals surface area contributed by atoms with E-state index in [9.17, 15) is 13.2 Å². The molecule has 0 aromatic carbocycles. The van der Waals surface area contributed by atoms with Gasteiger partial charge in [0.1, 0.15) is 11.2 Å². The number of likely N-dealkylation sites (tertiary alicyclic amines) is 1.